The Morgan fingerprint density at radius 2 is 2.00 bits per heavy atom. The fraction of sp³-hybridized carbons (Fsp3) is 0.0833. The lowest BCUT2D eigenvalue weighted by atomic mass is 10.3. The summed E-state index contributed by atoms with van der Waals surface area (Å²) in [4.78, 5) is 6.33. The number of nitrogens with zero attached hydrogens (tertiary/aromatic N) is 1. The van der Waals surface area contributed by atoms with Gasteiger partial charge in [-0.25, -0.2) is 0 Å². The van der Waals surface area contributed by atoms with Crippen molar-refractivity contribution >= 4 is 23.4 Å². The van der Waals surface area contributed by atoms with Crippen molar-refractivity contribution in [2.24, 2.45) is 5.73 Å². The number of rotatable bonds is 3. The Hall–Kier alpha value is -1.03. The first-order valence-electron chi connectivity index (χ1n) is 4.87. The van der Waals surface area contributed by atoms with Gasteiger partial charge >= 0.3 is 0 Å². The minimum Gasteiger partial charge on any atom is -0.325 e. The van der Waals surface area contributed by atoms with E-state index in [9.17, 15) is 0 Å². The summed E-state index contributed by atoms with van der Waals surface area (Å²) in [6.45, 7) is 0.469. The van der Waals surface area contributed by atoms with Gasteiger partial charge in [0.1, 0.15) is 0 Å². The molecule has 0 saturated heterocycles. The van der Waals surface area contributed by atoms with Crippen molar-refractivity contribution in [3.8, 4) is 0 Å². The fourth-order valence-corrected chi connectivity index (χ4v) is 2.31. The van der Waals surface area contributed by atoms with Crippen molar-refractivity contribution in [3.05, 3.63) is 53.3 Å². The zero-order valence-electron chi connectivity index (χ0n) is 8.56. The smallest absolute Gasteiger partial charge is 0.0545 e. The van der Waals surface area contributed by atoms with Crippen LogP contribution in [-0.2, 0) is 6.54 Å². The number of hydrogen-bond donors (Lipinski definition) is 1. The van der Waals surface area contributed by atoms with Crippen LogP contribution in [0.25, 0.3) is 0 Å². The number of nitrogens with two attached hydrogens (primary N) is 1. The standard InChI is InChI=1S/C12H11ClN2S/c13-11-3-1-2-4-12(11)16-10-6-5-9(7-14)15-8-10/h1-6,8H,7,14H2. The number of pyridine rings is 1. The molecule has 0 fully saturated rings. The molecule has 2 N–H and O–H groups in total. The van der Waals surface area contributed by atoms with Gasteiger partial charge < -0.3 is 5.73 Å². The molecule has 0 unspecified atom stereocenters. The van der Waals surface area contributed by atoms with E-state index in [1.807, 2.05) is 42.6 Å². The lowest BCUT2D eigenvalue weighted by Crippen LogP contribution is -1.98. The fourth-order valence-electron chi connectivity index (χ4n) is 1.25. The van der Waals surface area contributed by atoms with Crippen molar-refractivity contribution in [1.82, 2.24) is 4.98 Å². The normalized spacial score (nSPS) is 10.4. The monoisotopic (exact) mass is 250 g/mol. The molecule has 1 aromatic heterocycles. The summed E-state index contributed by atoms with van der Waals surface area (Å²) in [5.74, 6) is 0. The van der Waals surface area contributed by atoms with E-state index in [4.69, 9.17) is 17.3 Å². The van der Waals surface area contributed by atoms with Crippen LogP contribution < -0.4 is 5.73 Å². The molecule has 0 aliphatic rings. The highest BCUT2D eigenvalue weighted by Gasteiger charge is 2.02. The zero-order valence-corrected chi connectivity index (χ0v) is 10.1. The molecular weight excluding hydrogens is 240 g/mol. The zero-order chi connectivity index (χ0) is 11.4. The van der Waals surface area contributed by atoms with E-state index in [-0.39, 0.29) is 0 Å². The molecule has 0 atom stereocenters. The van der Waals surface area contributed by atoms with Crippen LogP contribution in [-0.4, -0.2) is 4.98 Å². The first-order valence-corrected chi connectivity index (χ1v) is 6.06. The van der Waals surface area contributed by atoms with Gasteiger partial charge in [0.25, 0.3) is 0 Å². The second-order valence-corrected chi connectivity index (χ2v) is 4.74. The Morgan fingerprint density at radius 3 is 2.62 bits per heavy atom. The highest BCUT2D eigenvalue weighted by Crippen LogP contribution is 2.32. The van der Waals surface area contributed by atoms with Gasteiger partial charge in [0.05, 0.1) is 10.7 Å². The maximum atomic E-state index is 6.07. The van der Waals surface area contributed by atoms with E-state index in [1.165, 1.54) is 0 Å². The minimum atomic E-state index is 0.469. The second-order valence-electron chi connectivity index (χ2n) is 3.22. The van der Waals surface area contributed by atoms with Gasteiger partial charge in [-0.15, -0.1) is 0 Å². The second kappa shape index (κ2) is 5.34. The molecule has 0 aliphatic carbocycles. The molecule has 16 heavy (non-hydrogen) atoms. The number of benzene rings is 1. The quantitative estimate of drug-likeness (QED) is 0.908. The van der Waals surface area contributed by atoms with Crippen molar-refractivity contribution in [1.29, 1.82) is 0 Å². The van der Waals surface area contributed by atoms with E-state index < -0.39 is 0 Å². The molecule has 4 heteroatoms. The highest BCUT2D eigenvalue weighted by atomic mass is 35.5. The van der Waals surface area contributed by atoms with Crippen LogP contribution in [0, 0.1) is 0 Å². The Bertz CT molecular complexity index is 471. The molecule has 0 spiro atoms. The van der Waals surface area contributed by atoms with Crippen LogP contribution in [0.15, 0.2) is 52.4 Å². The van der Waals surface area contributed by atoms with Crippen molar-refractivity contribution in [3.63, 3.8) is 0 Å². The molecular formula is C12H11ClN2S. The molecule has 2 nitrogen and oxygen atoms in total. The molecule has 0 radical (unpaired) electrons. The third-order valence-electron chi connectivity index (χ3n) is 2.07. The molecule has 0 amide bonds. The topological polar surface area (TPSA) is 38.9 Å². The van der Waals surface area contributed by atoms with Gasteiger partial charge in [-0.3, -0.25) is 4.98 Å². The summed E-state index contributed by atoms with van der Waals surface area (Å²) in [6.07, 6.45) is 1.82. The average molecular weight is 251 g/mol. The van der Waals surface area contributed by atoms with Gasteiger partial charge in [0.15, 0.2) is 0 Å². The van der Waals surface area contributed by atoms with Crippen LogP contribution in [0.1, 0.15) is 5.69 Å². The van der Waals surface area contributed by atoms with Crippen molar-refractivity contribution in [2.75, 3.05) is 0 Å². The highest BCUT2D eigenvalue weighted by molar-refractivity contribution is 7.99. The minimum absolute atomic E-state index is 0.469. The van der Waals surface area contributed by atoms with E-state index in [2.05, 4.69) is 4.98 Å². The predicted octanol–water partition coefficient (Wildman–Crippen LogP) is 3.34. The third kappa shape index (κ3) is 2.76. The lowest BCUT2D eigenvalue weighted by Gasteiger charge is -2.03. The van der Waals surface area contributed by atoms with Gasteiger partial charge in [-0.1, -0.05) is 35.5 Å². The number of aromatic nitrogens is 1. The third-order valence-corrected chi connectivity index (χ3v) is 3.57. The molecule has 0 bridgehead atoms. The summed E-state index contributed by atoms with van der Waals surface area (Å²) in [5, 5.41) is 0.760. The van der Waals surface area contributed by atoms with Crippen LogP contribution in [0.5, 0.6) is 0 Å². The summed E-state index contributed by atoms with van der Waals surface area (Å²) in [5.41, 5.74) is 6.38. The summed E-state index contributed by atoms with van der Waals surface area (Å²) < 4.78 is 0. The Kier molecular flexibility index (Phi) is 3.83. The van der Waals surface area contributed by atoms with E-state index in [0.29, 0.717) is 6.54 Å². The maximum Gasteiger partial charge on any atom is 0.0545 e. The first-order chi connectivity index (χ1) is 7.79. The van der Waals surface area contributed by atoms with Crippen molar-refractivity contribution in [2.45, 2.75) is 16.3 Å². The Morgan fingerprint density at radius 1 is 1.19 bits per heavy atom. The molecule has 0 aliphatic heterocycles. The van der Waals surface area contributed by atoms with Crippen molar-refractivity contribution < 1.29 is 0 Å². The molecule has 82 valence electrons. The van der Waals surface area contributed by atoms with Crippen LogP contribution in [0.3, 0.4) is 0 Å². The largest absolute Gasteiger partial charge is 0.325 e. The predicted molar refractivity (Wildman–Crippen MR) is 67.7 cm³/mol. The first kappa shape index (κ1) is 11.5. The van der Waals surface area contributed by atoms with Gasteiger partial charge in [-0.2, -0.15) is 0 Å². The summed E-state index contributed by atoms with van der Waals surface area (Å²) in [7, 11) is 0. The summed E-state index contributed by atoms with van der Waals surface area (Å²) >= 11 is 7.67. The van der Waals surface area contributed by atoms with E-state index in [1.54, 1.807) is 11.8 Å². The SMILES string of the molecule is NCc1ccc(Sc2ccccc2Cl)cn1. The molecule has 1 aromatic carbocycles. The van der Waals surface area contributed by atoms with Gasteiger partial charge in [0.2, 0.25) is 0 Å². The number of halogens is 1. The lowest BCUT2D eigenvalue weighted by molar-refractivity contribution is 0.977. The van der Waals surface area contributed by atoms with Crippen LogP contribution >= 0.6 is 23.4 Å². The van der Waals surface area contributed by atoms with Crippen LogP contribution in [0.4, 0.5) is 0 Å². The molecule has 1 heterocycles. The molecule has 2 rings (SSSR count). The van der Waals surface area contributed by atoms with E-state index >= 15 is 0 Å². The molecule has 2 aromatic rings. The average Bonchev–Trinajstić information content (AvgIpc) is 2.33. The van der Waals surface area contributed by atoms with Gasteiger partial charge in [0, 0.05) is 22.5 Å². The number of hydrogen-bond acceptors (Lipinski definition) is 3. The Labute approximate surface area is 104 Å². The van der Waals surface area contributed by atoms with E-state index in [0.717, 1.165) is 20.5 Å². The van der Waals surface area contributed by atoms with Crippen LogP contribution in [0.2, 0.25) is 5.02 Å². The summed E-state index contributed by atoms with van der Waals surface area (Å²) in [6, 6.07) is 11.7. The van der Waals surface area contributed by atoms with Gasteiger partial charge in [-0.05, 0) is 24.3 Å². The Balaban J connectivity index is 2.18. The maximum absolute atomic E-state index is 6.07. The molecule has 0 saturated carbocycles.